The zero-order valence-electron chi connectivity index (χ0n) is 12.6. The first-order valence-electron chi connectivity index (χ1n) is 7.96. The van der Waals surface area contributed by atoms with Crippen molar-refractivity contribution in [2.45, 2.75) is 13.1 Å². The highest BCUT2D eigenvalue weighted by atomic mass is 19.1. The van der Waals surface area contributed by atoms with Gasteiger partial charge in [-0.25, -0.2) is 4.39 Å². The van der Waals surface area contributed by atoms with E-state index in [1.807, 2.05) is 18.4 Å². The van der Waals surface area contributed by atoms with Gasteiger partial charge in [-0.15, -0.1) is 0 Å². The summed E-state index contributed by atoms with van der Waals surface area (Å²) in [5.41, 5.74) is 2.34. The molecule has 0 saturated carbocycles. The fraction of sp³-hybridized carbons (Fsp3) is 0.444. The number of likely N-dealkylation sites (tertiary alicyclic amines) is 2. The Bertz CT molecular complexity index is 614. The van der Waals surface area contributed by atoms with Gasteiger partial charge >= 0.3 is 0 Å². The Balaban J connectivity index is 1.32. The number of furan rings is 1. The largest absolute Gasteiger partial charge is 0.472 e. The second-order valence-corrected chi connectivity index (χ2v) is 6.67. The molecule has 3 nitrogen and oxygen atoms in total. The van der Waals surface area contributed by atoms with Crippen molar-refractivity contribution < 1.29 is 8.81 Å². The lowest BCUT2D eigenvalue weighted by Gasteiger charge is -2.21. The second-order valence-electron chi connectivity index (χ2n) is 6.67. The minimum atomic E-state index is -0.136. The molecule has 0 spiro atoms. The lowest BCUT2D eigenvalue weighted by molar-refractivity contribution is 0.246. The molecule has 22 heavy (non-hydrogen) atoms. The molecule has 0 unspecified atom stereocenters. The Kier molecular flexibility index (Phi) is 3.72. The van der Waals surface area contributed by atoms with Gasteiger partial charge in [-0.3, -0.25) is 9.80 Å². The summed E-state index contributed by atoms with van der Waals surface area (Å²) in [6.07, 6.45) is 3.58. The molecule has 3 heterocycles. The minimum Gasteiger partial charge on any atom is -0.472 e. The minimum absolute atomic E-state index is 0.136. The number of halogens is 1. The molecule has 4 rings (SSSR count). The van der Waals surface area contributed by atoms with Crippen LogP contribution in [0.2, 0.25) is 0 Å². The fourth-order valence-electron chi connectivity index (χ4n) is 3.98. The first-order chi connectivity index (χ1) is 10.8. The van der Waals surface area contributed by atoms with Crippen LogP contribution in [-0.2, 0) is 13.1 Å². The Hall–Kier alpha value is -1.65. The third kappa shape index (κ3) is 2.94. The van der Waals surface area contributed by atoms with Crippen LogP contribution in [0.5, 0.6) is 0 Å². The Morgan fingerprint density at radius 2 is 1.64 bits per heavy atom. The maximum atomic E-state index is 13.3. The Morgan fingerprint density at radius 1 is 0.955 bits per heavy atom. The Labute approximate surface area is 130 Å². The molecule has 0 radical (unpaired) electrons. The first-order valence-corrected chi connectivity index (χ1v) is 7.96. The number of fused-ring (bicyclic) bond motifs is 1. The van der Waals surface area contributed by atoms with E-state index in [1.54, 1.807) is 18.4 Å². The average molecular weight is 300 g/mol. The standard InChI is InChI=1S/C18H21FN2O/c19-18-3-1-2-14(6-18)7-20-9-16-11-21(12-17(16)10-20)8-15-4-5-22-13-15/h1-6,13,16-17H,7-12H2/t16-,17+. The molecular weight excluding hydrogens is 279 g/mol. The molecule has 2 saturated heterocycles. The molecular formula is C18H21FN2O. The van der Waals surface area contributed by atoms with Crippen molar-refractivity contribution in [2.75, 3.05) is 26.2 Å². The molecule has 2 aromatic rings. The zero-order valence-corrected chi connectivity index (χ0v) is 12.6. The third-order valence-corrected chi connectivity index (χ3v) is 4.92. The van der Waals surface area contributed by atoms with E-state index in [9.17, 15) is 4.39 Å². The summed E-state index contributed by atoms with van der Waals surface area (Å²) in [6, 6.07) is 9.02. The van der Waals surface area contributed by atoms with Gasteiger partial charge in [0.25, 0.3) is 0 Å². The molecule has 116 valence electrons. The average Bonchev–Trinajstić information content (AvgIpc) is 3.16. The van der Waals surface area contributed by atoms with Gasteiger partial charge in [0.1, 0.15) is 5.82 Å². The van der Waals surface area contributed by atoms with E-state index in [0.29, 0.717) is 0 Å². The fourth-order valence-corrected chi connectivity index (χ4v) is 3.98. The lowest BCUT2D eigenvalue weighted by Crippen LogP contribution is -2.28. The summed E-state index contributed by atoms with van der Waals surface area (Å²) < 4.78 is 18.4. The summed E-state index contributed by atoms with van der Waals surface area (Å²) in [6.45, 7) is 6.44. The van der Waals surface area contributed by atoms with Gasteiger partial charge in [0, 0.05) is 44.8 Å². The van der Waals surface area contributed by atoms with E-state index in [2.05, 4.69) is 9.80 Å². The molecule has 0 bridgehead atoms. The van der Waals surface area contributed by atoms with Gasteiger partial charge in [-0.1, -0.05) is 12.1 Å². The second kappa shape index (κ2) is 5.86. The van der Waals surface area contributed by atoms with Crippen LogP contribution in [0.25, 0.3) is 0 Å². The summed E-state index contributed by atoms with van der Waals surface area (Å²) in [7, 11) is 0. The third-order valence-electron chi connectivity index (χ3n) is 4.92. The number of hydrogen-bond donors (Lipinski definition) is 0. The van der Waals surface area contributed by atoms with Gasteiger partial charge in [0.05, 0.1) is 12.5 Å². The van der Waals surface area contributed by atoms with Gasteiger partial charge in [-0.2, -0.15) is 0 Å². The van der Waals surface area contributed by atoms with Crippen molar-refractivity contribution in [1.29, 1.82) is 0 Å². The smallest absolute Gasteiger partial charge is 0.123 e. The summed E-state index contributed by atoms with van der Waals surface area (Å²) in [5, 5.41) is 0. The maximum Gasteiger partial charge on any atom is 0.123 e. The molecule has 1 aromatic heterocycles. The number of nitrogens with zero attached hydrogens (tertiary/aromatic N) is 2. The van der Waals surface area contributed by atoms with Crippen LogP contribution in [0.3, 0.4) is 0 Å². The van der Waals surface area contributed by atoms with Gasteiger partial charge in [0.15, 0.2) is 0 Å². The Morgan fingerprint density at radius 3 is 2.23 bits per heavy atom. The number of hydrogen-bond acceptors (Lipinski definition) is 3. The summed E-state index contributed by atoms with van der Waals surface area (Å²) >= 11 is 0. The van der Waals surface area contributed by atoms with Crippen LogP contribution in [0.15, 0.2) is 47.3 Å². The van der Waals surface area contributed by atoms with Crippen molar-refractivity contribution in [3.63, 3.8) is 0 Å². The monoisotopic (exact) mass is 300 g/mol. The van der Waals surface area contributed by atoms with Crippen molar-refractivity contribution in [3.8, 4) is 0 Å². The van der Waals surface area contributed by atoms with Crippen LogP contribution in [-0.4, -0.2) is 36.0 Å². The van der Waals surface area contributed by atoms with E-state index >= 15 is 0 Å². The predicted molar refractivity (Wildman–Crippen MR) is 82.6 cm³/mol. The van der Waals surface area contributed by atoms with Crippen molar-refractivity contribution >= 4 is 0 Å². The highest BCUT2D eigenvalue weighted by molar-refractivity contribution is 5.16. The molecule has 2 aliphatic rings. The van der Waals surface area contributed by atoms with E-state index in [1.165, 1.54) is 11.6 Å². The van der Waals surface area contributed by atoms with Crippen LogP contribution in [0.1, 0.15) is 11.1 Å². The van der Waals surface area contributed by atoms with Crippen LogP contribution >= 0.6 is 0 Å². The highest BCUT2D eigenvalue weighted by Crippen LogP contribution is 2.32. The van der Waals surface area contributed by atoms with Gasteiger partial charge in [0.2, 0.25) is 0 Å². The molecule has 2 aliphatic heterocycles. The number of rotatable bonds is 4. The highest BCUT2D eigenvalue weighted by Gasteiger charge is 2.39. The van der Waals surface area contributed by atoms with Gasteiger partial charge < -0.3 is 4.42 Å². The summed E-state index contributed by atoms with van der Waals surface area (Å²) in [4.78, 5) is 5.00. The number of benzene rings is 1. The van der Waals surface area contributed by atoms with Crippen molar-refractivity contribution in [1.82, 2.24) is 9.80 Å². The van der Waals surface area contributed by atoms with E-state index in [-0.39, 0.29) is 5.82 Å². The predicted octanol–water partition coefficient (Wildman–Crippen LogP) is 2.98. The van der Waals surface area contributed by atoms with Crippen LogP contribution in [0.4, 0.5) is 4.39 Å². The zero-order chi connectivity index (χ0) is 14.9. The SMILES string of the molecule is Fc1cccc(CN2C[C@H]3CN(Cc4ccoc4)C[C@H]3C2)c1. The van der Waals surface area contributed by atoms with E-state index in [0.717, 1.165) is 56.7 Å². The molecule has 0 N–H and O–H groups in total. The van der Waals surface area contributed by atoms with E-state index < -0.39 is 0 Å². The van der Waals surface area contributed by atoms with E-state index in [4.69, 9.17) is 4.42 Å². The molecule has 0 amide bonds. The maximum absolute atomic E-state index is 13.3. The molecule has 0 aliphatic carbocycles. The summed E-state index contributed by atoms with van der Waals surface area (Å²) in [5.74, 6) is 1.36. The molecule has 4 heteroatoms. The molecule has 2 atom stereocenters. The normalized spacial score (nSPS) is 25.7. The van der Waals surface area contributed by atoms with Crippen LogP contribution in [0, 0.1) is 17.7 Å². The van der Waals surface area contributed by atoms with Crippen molar-refractivity contribution in [3.05, 3.63) is 59.8 Å². The first kappa shape index (κ1) is 14.0. The molecule has 2 fully saturated rings. The molecule has 1 aromatic carbocycles. The van der Waals surface area contributed by atoms with Crippen LogP contribution < -0.4 is 0 Å². The lowest BCUT2D eigenvalue weighted by atomic mass is 10.0. The topological polar surface area (TPSA) is 19.6 Å². The quantitative estimate of drug-likeness (QED) is 0.865. The van der Waals surface area contributed by atoms with Gasteiger partial charge in [-0.05, 0) is 35.6 Å². The van der Waals surface area contributed by atoms with Crippen molar-refractivity contribution in [2.24, 2.45) is 11.8 Å².